The predicted molar refractivity (Wildman–Crippen MR) is 75.9 cm³/mol. The van der Waals surface area contributed by atoms with Crippen LogP contribution in [0.2, 0.25) is 0 Å². The van der Waals surface area contributed by atoms with Gasteiger partial charge in [0.2, 0.25) is 5.91 Å². The Balaban J connectivity index is 2.05. The third-order valence-electron chi connectivity index (χ3n) is 3.12. The first-order valence-electron chi connectivity index (χ1n) is 6.23. The van der Waals surface area contributed by atoms with Crippen LogP contribution >= 0.6 is 0 Å². The maximum absolute atomic E-state index is 11.9. The lowest BCUT2D eigenvalue weighted by Crippen LogP contribution is -2.19. The molecule has 2 rings (SSSR count). The summed E-state index contributed by atoms with van der Waals surface area (Å²) in [5.74, 6) is -1.18. The van der Waals surface area contributed by atoms with Crippen molar-refractivity contribution in [1.82, 2.24) is 4.57 Å². The van der Waals surface area contributed by atoms with Gasteiger partial charge in [-0.05, 0) is 32.0 Å². The summed E-state index contributed by atoms with van der Waals surface area (Å²) in [6.45, 7) is 3.75. The number of amides is 1. The van der Waals surface area contributed by atoms with Crippen LogP contribution in [-0.2, 0) is 11.3 Å². The first-order valence-corrected chi connectivity index (χ1v) is 6.23. The summed E-state index contributed by atoms with van der Waals surface area (Å²) in [7, 11) is 0. The molecular weight excluding hydrogens is 256 g/mol. The van der Waals surface area contributed by atoms with E-state index < -0.39 is 5.97 Å². The van der Waals surface area contributed by atoms with E-state index in [1.807, 2.05) is 31.2 Å². The number of nitrogens with zero attached hydrogens (tertiary/aromatic N) is 1. The van der Waals surface area contributed by atoms with Crippen LogP contribution < -0.4 is 5.32 Å². The van der Waals surface area contributed by atoms with Gasteiger partial charge in [-0.25, -0.2) is 4.79 Å². The highest BCUT2D eigenvalue weighted by atomic mass is 16.4. The van der Waals surface area contributed by atoms with E-state index in [1.165, 1.54) is 6.07 Å². The minimum atomic E-state index is -0.986. The molecule has 1 amide bonds. The number of hydrogen-bond acceptors (Lipinski definition) is 2. The third kappa shape index (κ3) is 3.06. The van der Waals surface area contributed by atoms with Gasteiger partial charge in [0.05, 0.1) is 5.56 Å². The highest BCUT2D eigenvalue weighted by molar-refractivity contribution is 5.91. The number of benzene rings is 1. The van der Waals surface area contributed by atoms with Crippen molar-refractivity contribution < 1.29 is 14.7 Å². The molecule has 0 aliphatic rings. The molecule has 0 radical (unpaired) electrons. The summed E-state index contributed by atoms with van der Waals surface area (Å²) in [5, 5.41) is 11.7. The second kappa shape index (κ2) is 5.61. The first-order chi connectivity index (χ1) is 9.47. The Morgan fingerprint density at radius 2 is 1.80 bits per heavy atom. The van der Waals surface area contributed by atoms with Crippen LogP contribution in [0, 0.1) is 13.8 Å². The molecule has 0 aliphatic heterocycles. The van der Waals surface area contributed by atoms with Gasteiger partial charge in [0.25, 0.3) is 0 Å². The van der Waals surface area contributed by atoms with E-state index in [-0.39, 0.29) is 18.0 Å². The fourth-order valence-corrected chi connectivity index (χ4v) is 1.94. The maximum atomic E-state index is 11.9. The zero-order valence-electron chi connectivity index (χ0n) is 11.4. The molecule has 2 aromatic rings. The molecule has 2 N–H and O–H groups in total. The Morgan fingerprint density at radius 3 is 2.35 bits per heavy atom. The number of nitrogens with one attached hydrogen (secondary N) is 1. The van der Waals surface area contributed by atoms with Gasteiger partial charge < -0.3 is 15.0 Å². The van der Waals surface area contributed by atoms with E-state index in [9.17, 15) is 9.59 Å². The molecule has 104 valence electrons. The monoisotopic (exact) mass is 272 g/mol. The number of hydrogen-bond donors (Lipinski definition) is 2. The summed E-state index contributed by atoms with van der Waals surface area (Å²) in [5.41, 5.74) is 2.63. The lowest BCUT2D eigenvalue weighted by molar-refractivity contribution is -0.116. The number of carboxylic acid groups (broad SMARTS) is 1. The van der Waals surface area contributed by atoms with Gasteiger partial charge in [-0.15, -0.1) is 0 Å². The van der Waals surface area contributed by atoms with Gasteiger partial charge in [0.15, 0.2) is 0 Å². The topological polar surface area (TPSA) is 71.3 Å². The summed E-state index contributed by atoms with van der Waals surface area (Å²) >= 11 is 0. The average molecular weight is 272 g/mol. The molecule has 1 aromatic carbocycles. The van der Waals surface area contributed by atoms with Crippen molar-refractivity contribution in [1.29, 1.82) is 0 Å². The molecule has 20 heavy (non-hydrogen) atoms. The quantitative estimate of drug-likeness (QED) is 0.898. The van der Waals surface area contributed by atoms with Gasteiger partial charge in [0.1, 0.15) is 6.54 Å². The summed E-state index contributed by atoms with van der Waals surface area (Å²) < 4.78 is 1.62. The number of rotatable bonds is 4. The molecule has 0 saturated heterocycles. The molecule has 0 fully saturated rings. The summed E-state index contributed by atoms with van der Waals surface area (Å²) in [6, 6.07) is 8.99. The largest absolute Gasteiger partial charge is 0.478 e. The van der Waals surface area contributed by atoms with Crippen LogP contribution in [0.5, 0.6) is 0 Å². The maximum Gasteiger partial charge on any atom is 0.337 e. The highest BCUT2D eigenvalue weighted by Crippen LogP contribution is 2.12. The highest BCUT2D eigenvalue weighted by Gasteiger charge is 2.13. The van der Waals surface area contributed by atoms with E-state index in [1.54, 1.807) is 17.7 Å². The van der Waals surface area contributed by atoms with Gasteiger partial charge >= 0.3 is 5.97 Å². The first kappa shape index (κ1) is 13.9. The van der Waals surface area contributed by atoms with Gasteiger partial charge in [-0.1, -0.05) is 17.7 Å². The summed E-state index contributed by atoms with van der Waals surface area (Å²) in [6.07, 6.45) is 1.60. The molecule has 0 spiro atoms. The lowest BCUT2D eigenvalue weighted by Gasteiger charge is -2.08. The van der Waals surface area contributed by atoms with Crippen molar-refractivity contribution in [3.63, 3.8) is 0 Å². The van der Waals surface area contributed by atoms with Crippen molar-refractivity contribution in [2.24, 2.45) is 0 Å². The van der Waals surface area contributed by atoms with E-state index in [2.05, 4.69) is 5.32 Å². The number of aromatic carboxylic acids is 1. The molecule has 1 heterocycles. The van der Waals surface area contributed by atoms with Crippen LogP contribution in [-0.4, -0.2) is 21.6 Å². The zero-order valence-corrected chi connectivity index (χ0v) is 11.4. The predicted octanol–water partition coefficient (Wildman–Crippen LogP) is 2.44. The van der Waals surface area contributed by atoms with Gasteiger partial charge in [-0.2, -0.15) is 0 Å². The molecule has 5 heteroatoms. The molecule has 0 aliphatic carbocycles. The number of anilines is 1. The van der Waals surface area contributed by atoms with Crippen LogP contribution in [0.3, 0.4) is 0 Å². The van der Waals surface area contributed by atoms with Crippen molar-refractivity contribution in [2.75, 3.05) is 5.32 Å². The number of aromatic nitrogens is 1. The molecule has 0 unspecified atom stereocenters. The lowest BCUT2D eigenvalue weighted by atomic mass is 10.2. The van der Waals surface area contributed by atoms with Crippen LogP contribution in [0.4, 0.5) is 5.69 Å². The van der Waals surface area contributed by atoms with Crippen molar-refractivity contribution in [2.45, 2.75) is 20.4 Å². The van der Waals surface area contributed by atoms with Gasteiger partial charge in [-0.3, -0.25) is 4.79 Å². The second-order valence-electron chi connectivity index (χ2n) is 4.66. The SMILES string of the molecule is Cc1ccc(NC(=O)Cn2ccc(C(=O)O)c2C)cc1. The fourth-order valence-electron chi connectivity index (χ4n) is 1.94. The average Bonchev–Trinajstić information content (AvgIpc) is 2.74. The fraction of sp³-hybridized carbons (Fsp3) is 0.200. The van der Waals surface area contributed by atoms with E-state index in [4.69, 9.17) is 5.11 Å². The van der Waals surface area contributed by atoms with Crippen molar-refractivity contribution in [3.8, 4) is 0 Å². The van der Waals surface area contributed by atoms with E-state index in [0.717, 1.165) is 11.3 Å². The van der Waals surface area contributed by atoms with Crippen LogP contribution in [0.1, 0.15) is 21.6 Å². The molecule has 5 nitrogen and oxygen atoms in total. The molecule has 0 saturated carbocycles. The summed E-state index contributed by atoms with van der Waals surface area (Å²) in [4.78, 5) is 22.8. The Morgan fingerprint density at radius 1 is 1.15 bits per heavy atom. The molecule has 0 atom stereocenters. The number of aryl methyl sites for hydroxylation is 1. The molecule has 0 bridgehead atoms. The Hall–Kier alpha value is -2.56. The number of carboxylic acids is 1. The number of carbonyl (C=O) groups is 2. The molecule has 1 aromatic heterocycles. The second-order valence-corrected chi connectivity index (χ2v) is 4.66. The third-order valence-corrected chi connectivity index (χ3v) is 3.12. The standard InChI is InChI=1S/C15H16N2O3/c1-10-3-5-12(6-4-10)16-14(18)9-17-8-7-13(11(17)2)15(19)20/h3-8H,9H2,1-2H3,(H,16,18)(H,19,20). The Kier molecular flexibility index (Phi) is 3.89. The normalized spacial score (nSPS) is 10.3. The van der Waals surface area contributed by atoms with E-state index in [0.29, 0.717) is 5.69 Å². The zero-order chi connectivity index (χ0) is 14.7. The Bertz CT molecular complexity index is 642. The minimum absolute atomic E-state index is 0.0903. The number of carbonyl (C=O) groups excluding carboxylic acids is 1. The van der Waals surface area contributed by atoms with Crippen LogP contribution in [0.25, 0.3) is 0 Å². The van der Waals surface area contributed by atoms with E-state index >= 15 is 0 Å². The Labute approximate surface area is 116 Å². The van der Waals surface area contributed by atoms with Gasteiger partial charge in [0, 0.05) is 17.6 Å². The minimum Gasteiger partial charge on any atom is -0.478 e. The molecular formula is C15H16N2O3. The van der Waals surface area contributed by atoms with Crippen LogP contribution in [0.15, 0.2) is 36.5 Å². The van der Waals surface area contributed by atoms with Crippen molar-refractivity contribution in [3.05, 3.63) is 53.3 Å². The van der Waals surface area contributed by atoms with Crippen molar-refractivity contribution >= 4 is 17.6 Å². The smallest absolute Gasteiger partial charge is 0.337 e.